The van der Waals surface area contributed by atoms with Crippen LogP contribution in [-0.2, 0) is 19.8 Å². The number of rotatable bonds is 9. The van der Waals surface area contributed by atoms with Gasteiger partial charge in [-0.3, -0.25) is 9.48 Å². The van der Waals surface area contributed by atoms with Gasteiger partial charge in [-0.05, 0) is 79.2 Å². The minimum atomic E-state index is -0.789. The first-order chi connectivity index (χ1) is 19.1. The molecule has 1 aliphatic carbocycles. The molecular weight excluding hydrogens is 508 g/mol. The van der Waals surface area contributed by atoms with Gasteiger partial charge < -0.3 is 19.9 Å². The zero-order chi connectivity index (χ0) is 28.6. The third-order valence-corrected chi connectivity index (χ3v) is 8.59. The van der Waals surface area contributed by atoms with Crippen molar-refractivity contribution < 1.29 is 19.4 Å². The van der Waals surface area contributed by atoms with Crippen LogP contribution in [0, 0.1) is 5.92 Å². The van der Waals surface area contributed by atoms with Crippen LogP contribution in [-0.4, -0.2) is 73.3 Å². The molecule has 0 spiro atoms. The van der Waals surface area contributed by atoms with E-state index in [4.69, 9.17) is 14.6 Å². The highest BCUT2D eigenvalue weighted by molar-refractivity contribution is 5.88. The molecule has 5 rings (SSSR count). The van der Waals surface area contributed by atoms with Gasteiger partial charge in [0.25, 0.3) is 0 Å². The maximum atomic E-state index is 13.7. The normalized spacial score (nSPS) is 26.6. The summed E-state index contributed by atoms with van der Waals surface area (Å²) >= 11 is 0. The van der Waals surface area contributed by atoms with Gasteiger partial charge in [-0.1, -0.05) is 0 Å². The molecular formula is C30H44N6O4. The summed E-state index contributed by atoms with van der Waals surface area (Å²) < 4.78 is 14.9. The van der Waals surface area contributed by atoms with E-state index in [0.717, 1.165) is 60.9 Å². The summed E-state index contributed by atoms with van der Waals surface area (Å²) in [5, 5.41) is 23.0. The molecule has 2 fully saturated rings. The minimum absolute atomic E-state index is 0.0511. The zero-order valence-corrected chi connectivity index (χ0v) is 24.6. The topological polar surface area (TPSA) is 116 Å². The third-order valence-electron chi connectivity index (χ3n) is 8.59. The van der Waals surface area contributed by atoms with E-state index in [1.165, 1.54) is 0 Å². The second kappa shape index (κ2) is 11.6. The Morgan fingerprint density at radius 2 is 1.90 bits per heavy atom. The second-order valence-corrected chi connectivity index (χ2v) is 12.4. The predicted molar refractivity (Wildman–Crippen MR) is 153 cm³/mol. The van der Waals surface area contributed by atoms with Gasteiger partial charge in [-0.25, -0.2) is 9.50 Å². The fourth-order valence-corrected chi connectivity index (χ4v) is 6.49. The number of fused-ring (bicyclic) bond motifs is 1. The summed E-state index contributed by atoms with van der Waals surface area (Å²) in [7, 11) is 1.68. The van der Waals surface area contributed by atoms with Crippen molar-refractivity contribution in [1.29, 1.82) is 0 Å². The SMILES string of the molecule is COC[C@H](C)Nc1ncc2c(-c3cnn(C(C)(C)C(=O)C4C[C@H](C)O[C@@H](C)C4)c3)cc(C3CCC(O)CC3)n2n1. The molecule has 4 heterocycles. The number of Topliss-reactive ketones (excluding diaryl/α,β-unsaturated/α-hetero) is 1. The second-order valence-electron chi connectivity index (χ2n) is 12.4. The van der Waals surface area contributed by atoms with Crippen molar-refractivity contribution in [3.63, 3.8) is 0 Å². The summed E-state index contributed by atoms with van der Waals surface area (Å²) in [6.45, 7) is 10.6. The number of aliphatic hydroxyl groups excluding tert-OH is 1. The summed E-state index contributed by atoms with van der Waals surface area (Å²) in [4.78, 5) is 18.3. The molecule has 0 amide bonds. The van der Waals surface area contributed by atoms with E-state index >= 15 is 0 Å². The van der Waals surface area contributed by atoms with Crippen LogP contribution in [0.4, 0.5) is 5.95 Å². The first-order valence-electron chi connectivity index (χ1n) is 14.6. The molecule has 1 saturated carbocycles. The van der Waals surface area contributed by atoms with E-state index in [-0.39, 0.29) is 42.0 Å². The molecule has 3 aromatic heterocycles. The number of anilines is 1. The van der Waals surface area contributed by atoms with Crippen molar-refractivity contribution in [2.75, 3.05) is 19.0 Å². The molecule has 0 radical (unpaired) electrons. The van der Waals surface area contributed by atoms with E-state index in [9.17, 15) is 9.90 Å². The van der Waals surface area contributed by atoms with Crippen molar-refractivity contribution >= 4 is 17.2 Å². The van der Waals surface area contributed by atoms with Crippen molar-refractivity contribution in [1.82, 2.24) is 24.4 Å². The number of aliphatic hydroxyl groups is 1. The molecule has 218 valence electrons. The fraction of sp³-hybridized carbons (Fsp3) is 0.667. The van der Waals surface area contributed by atoms with Crippen LogP contribution in [0.3, 0.4) is 0 Å². The lowest BCUT2D eigenvalue weighted by Gasteiger charge is -2.35. The molecule has 2 N–H and O–H groups in total. The number of hydrogen-bond donors (Lipinski definition) is 2. The number of hydrogen-bond acceptors (Lipinski definition) is 8. The van der Waals surface area contributed by atoms with Crippen LogP contribution in [0.15, 0.2) is 24.7 Å². The molecule has 3 aromatic rings. The van der Waals surface area contributed by atoms with Crippen molar-refractivity contribution in [3.8, 4) is 11.1 Å². The molecule has 0 unspecified atom stereocenters. The number of methoxy groups -OCH3 is 1. The Labute approximate surface area is 236 Å². The number of nitrogens with one attached hydrogen (secondary N) is 1. The van der Waals surface area contributed by atoms with Crippen LogP contribution in [0.5, 0.6) is 0 Å². The van der Waals surface area contributed by atoms with Crippen LogP contribution in [0.2, 0.25) is 0 Å². The van der Waals surface area contributed by atoms with Gasteiger partial charge in [-0.2, -0.15) is 5.10 Å². The predicted octanol–water partition coefficient (Wildman–Crippen LogP) is 4.57. The summed E-state index contributed by atoms with van der Waals surface area (Å²) in [6.07, 6.45) is 10.4. The van der Waals surface area contributed by atoms with Gasteiger partial charge in [-0.15, -0.1) is 5.10 Å². The summed E-state index contributed by atoms with van der Waals surface area (Å²) in [5.41, 5.74) is 3.12. The van der Waals surface area contributed by atoms with Crippen LogP contribution < -0.4 is 5.32 Å². The fourth-order valence-electron chi connectivity index (χ4n) is 6.49. The Kier molecular flexibility index (Phi) is 8.31. The van der Waals surface area contributed by atoms with E-state index < -0.39 is 5.54 Å². The number of nitrogens with zero attached hydrogens (tertiary/aromatic N) is 5. The lowest BCUT2D eigenvalue weighted by Crippen LogP contribution is -2.44. The number of ketones is 1. The van der Waals surface area contributed by atoms with E-state index in [1.807, 2.05) is 57.7 Å². The first kappa shape index (κ1) is 28.7. The molecule has 40 heavy (non-hydrogen) atoms. The highest BCUT2D eigenvalue weighted by atomic mass is 16.5. The monoisotopic (exact) mass is 552 g/mol. The van der Waals surface area contributed by atoms with E-state index in [0.29, 0.717) is 12.6 Å². The van der Waals surface area contributed by atoms with Crippen molar-refractivity contribution in [3.05, 3.63) is 30.4 Å². The lowest BCUT2D eigenvalue weighted by atomic mass is 9.81. The molecule has 1 aliphatic heterocycles. The smallest absolute Gasteiger partial charge is 0.241 e. The molecule has 10 heteroatoms. The van der Waals surface area contributed by atoms with Gasteiger partial charge >= 0.3 is 0 Å². The number of aromatic nitrogens is 5. The summed E-state index contributed by atoms with van der Waals surface area (Å²) in [5.74, 6) is 0.967. The quantitative estimate of drug-likeness (QED) is 0.397. The molecule has 0 aromatic carbocycles. The Balaban J connectivity index is 1.48. The molecule has 2 aliphatic rings. The molecule has 10 nitrogen and oxygen atoms in total. The zero-order valence-electron chi connectivity index (χ0n) is 24.6. The summed E-state index contributed by atoms with van der Waals surface area (Å²) in [6, 6.07) is 2.25. The maximum absolute atomic E-state index is 13.7. The maximum Gasteiger partial charge on any atom is 0.241 e. The lowest BCUT2D eigenvalue weighted by molar-refractivity contribution is -0.138. The Morgan fingerprint density at radius 3 is 2.58 bits per heavy atom. The average Bonchev–Trinajstić information content (AvgIpc) is 3.54. The van der Waals surface area contributed by atoms with Crippen LogP contribution in [0.25, 0.3) is 16.6 Å². The highest BCUT2D eigenvalue weighted by Crippen LogP contribution is 2.38. The van der Waals surface area contributed by atoms with Crippen LogP contribution >= 0.6 is 0 Å². The van der Waals surface area contributed by atoms with Crippen molar-refractivity contribution in [2.24, 2.45) is 5.92 Å². The minimum Gasteiger partial charge on any atom is -0.393 e. The largest absolute Gasteiger partial charge is 0.393 e. The number of carbonyl (C=O) groups excluding carboxylic acids is 1. The Hall–Kier alpha value is -2.82. The highest BCUT2D eigenvalue weighted by Gasteiger charge is 2.39. The molecule has 0 bridgehead atoms. The van der Waals surface area contributed by atoms with Gasteiger partial charge in [0.05, 0.1) is 42.8 Å². The molecule has 1 saturated heterocycles. The van der Waals surface area contributed by atoms with Crippen LogP contribution in [0.1, 0.15) is 84.8 Å². The third kappa shape index (κ3) is 5.80. The number of ether oxygens (including phenoxy) is 2. The van der Waals surface area contributed by atoms with Crippen molar-refractivity contribution in [2.45, 2.75) is 109 Å². The first-order valence-corrected chi connectivity index (χ1v) is 14.6. The van der Waals surface area contributed by atoms with E-state index in [1.54, 1.807) is 11.8 Å². The Morgan fingerprint density at radius 1 is 1.20 bits per heavy atom. The Bertz CT molecular complexity index is 1310. The standard InChI is InChI=1S/C30H44N6O4/c1-18(17-39-6)33-29-31-15-27-25(13-26(36(27)34-29)21-7-9-24(37)10-8-21)23-14-32-35(16-23)30(4,5)28(38)22-11-19(2)40-20(3)12-22/h13-16,18-22,24,37H,7-12,17H2,1-6H3,(H,33,34)/t18-,19-,20-,21?,24?/m0/s1. The van der Waals surface area contributed by atoms with Gasteiger partial charge in [0, 0.05) is 48.0 Å². The van der Waals surface area contributed by atoms with Gasteiger partial charge in [0.1, 0.15) is 5.54 Å². The van der Waals surface area contributed by atoms with E-state index in [2.05, 4.69) is 21.5 Å². The molecule has 3 atom stereocenters. The number of carbonyl (C=O) groups is 1. The average molecular weight is 553 g/mol. The van der Waals surface area contributed by atoms with Gasteiger partial charge in [0.15, 0.2) is 5.78 Å². The van der Waals surface area contributed by atoms with Gasteiger partial charge in [0.2, 0.25) is 5.95 Å².